The second-order valence-corrected chi connectivity index (χ2v) is 5.34. The number of nitrogens with one attached hydrogen (secondary N) is 1. The van der Waals surface area contributed by atoms with E-state index in [-0.39, 0.29) is 23.7 Å². The van der Waals surface area contributed by atoms with Crippen molar-refractivity contribution in [2.45, 2.75) is 6.18 Å². The molecule has 25 heavy (non-hydrogen) atoms. The van der Waals surface area contributed by atoms with Gasteiger partial charge in [-0.1, -0.05) is 11.6 Å². The zero-order valence-corrected chi connectivity index (χ0v) is 13.6. The van der Waals surface area contributed by atoms with Gasteiger partial charge in [0.1, 0.15) is 6.07 Å². The zero-order valence-electron chi connectivity index (χ0n) is 12.8. The summed E-state index contributed by atoms with van der Waals surface area (Å²) in [6.45, 7) is -0.239. The van der Waals surface area contributed by atoms with Crippen LogP contribution in [0.1, 0.15) is 11.3 Å². The predicted molar refractivity (Wildman–Crippen MR) is 85.1 cm³/mol. The molecule has 0 bridgehead atoms. The fraction of sp³-hybridized carbons (Fsp3) is 0.200. The predicted octanol–water partition coefficient (Wildman–Crippen LogP) is 3.10. The monoisotopic (exact) mass is 369 g/mol. The minimum Gasteiger partial charge on any atom is -0.348 e. The van der Waals surface area contributed by atoms with Crippen molar-refractivity contribution in [1.82, 2.24) is 9.97 Å². The number of anilines is 2. The summed E-state index contributed by atoms with van der Waals surface area (Å²) in [5, 5.41) is 10.9. The first-order chi connectivity index (χ1) is 11.7. The molecular weight excluding hydrogens is 359 g/mol. The fourth-order valence-corrected chi connectivity index (χ4v) is 2.22. The summed E-state index contributed by atoms with van der Waals surface area (Å²) >= 11 is 5.53. The van der Waals surface area contributed by atoms with Crippen molar-refractivity contribution < 1.29 is 18.0 Å². The summed E-state index contributed by atoms with van der Waals surface area (Å²) in [6, 6.07) is 4.91. The molecule has 1 aromatic carbocycles. The SMILES string of the molecule is CN(CC(=O)Nc1ccc(Cl)c(C(F)(F)F)c1)c1nccnc1C#N. The van der Waals surface area contributed by atoms with Gasteiger partial charge in [0, 0.05) is 25.1 Å². The van der Waals surface area contributed by atoms with Gasteiger partial charge in [-0.3, -0.25) is 4.79 Å². The maximum atomic E-state index is 12.8. The van der Waals surface area contributed by atoms with E-state index >= 15 is 0 Å². The van der Waals surface area contributed by atoms with Crippen LogP contribution in [0.4, 0.5) is 24.7 Å². The Hall–Kier alpha value is -2.86. The van der Waals surface area contributed by atoms with Gasteiger partial charge in [0.05, 0.1) is 17.1 Å². The summed E-state index contributed by atoms with van der Waals surface area (Å²) in [5.41, 5.74) is -1.06. The van der Waals surface area contributed by atoms with E-state index in [1.54, 1.807) is 0 Å². The molecule has 1 amide bonds. The molecule has 6 nitrogen and oxygen atoms in total. The lowest BCUT2D eigenvalue weighted by Gasteiger charge is -2.18. The number of hydrogen-bond acceptors (Lipinski definition) is 5. The molecule has 0 aliphatic heterocycles. The Kier molecular flexibility index (Phi) is 5.44. The van der Waals surface area contributed by atoms with Gasteiger partial charge in [-0.15, -0.1) is 0 Å². The summed E-state index contributed by atoms with van der Waals surface area (Å²) in [7, 11) is 1.51. The third kappa shape index (κ3) is 4.58. The van der Waals surface area contributed by atoms with Crippen LogP contribution < -0.4 is 10.2 Å². The third-order valence-corrected chi connectivity index (χ3v) is 3.41. The largest absolute Gasteiger partial charge is 0.417 e. The number of hydrogen-bond donors (Lipinski definition) is 1. The van der Waals surface area contributed by atoms with Crippen LogP contribution in [0.3, 0.4) is 0 Å². The van der Waals surface area contributed by atoms with E-state index in [0.717, 1.165) is 12.1 Å². The van der Waals surface area contributed by atoms with E-state index in [2.05, 4.69) is 15.3 Å². The van der Waals surface area contributed by atoms with Gasteiger partial charge in [0.2, 0.25) is 5.91 Å². The van der Waals surface area contributed by atoms with E-state index in [1.165, 1.54) is 30.4 Å². The molecule has 0 radical (unpaired) electrons. The highest BCUT2D eigenvalue weighted by molar-refractivity contribution is 6.31. The minimum atomic E-state index is -4.63. The van der Waals surface area contributed by atoms with Crippen molar-refractivity contribution in [2.24, 2.45) is 0 Å². The first-order valence-electron chi connectivity index (χ1n) is 6.81. The van der Waals surface area contributed by atoms with E-state index in [9.17, 15) is 18.0 Å². The molecule has 1 N–H and O–H groups in total. The van der Waals surface area contributed by atoms with Crippen LogP contribution in [0.2, 0.25) is 5.02 Å². The molecule has 130 valence electrons. The van der Waals surface area contributed by atoms with Gasteiger partial charge in [-0.2, -0.15) is 18.4 Å². The van der Waals surface area contributed by atoms with Crippen LogP contribution in [0.5, 0.6) is 0 Å². The van der Waals surface area contributed by atoms with Crippen LogP contribution in [-0.2, 0) is 11.0 Å². The Balaban J connectivity index is 2.12. The van der Waals surface area contributed by atoms with Crippen LogP contribution in [-0.4, -0.2) is 29.5 Å². The standard InChI is InChI=1S/C15H11ClF3N5O/c1-24(14-12(7-20)21-4-5-22-14)8-13(25)23-9-2-3-11(16)10(6-9)15(17,18)19/h2-6H,8H2,1H3,(H,23,25). The topological polar surface area (TPSA) is 81.9 Å². The van der Waals surface area contributed by atoms with Crippen molar-refractivity contribution in [2.75, 3.05) is 23.8 Å². The normalized spacial score (nSPS) is 10.9. The number of nitrogens with zero attached hydrogens (tertiary/aromatic N) is 4. The van der Waals surface area contributed by atoms with Crippen molar-refractivity contribution in [3.05, 3.63) is 46.9 Å². The average Bonchev–Trinajstić information content (AvgIpc) is 2.55. The minimum absolute atomic E-state index is 0.0312. The van der Waals surface area contributed by atoms with E-state index in [1.807, 2.05) is 6.07 Å². The summed E-state index contributed by atoms with van der Waals surface area (Å²) in [5.74, 6) is -0.403. The Morgan fingerprint density at radius 1 is 1.36 bits per heavy atom. The van der Waals surface area contributed by atoms with Crippen LogP contribution in [0.15, 0.2) is 30.6 Å². The summed E-state index contributed by atoms with van der Waals surface area (Å²) in [6.07, 6.45) is -1.93. The Labute approximate surface area is 145 Å². The molecule has 0 aliphatic carbocycles. The molecule has 0 unspecified atom stereocenters. The molecule has 1 heterocycles. The van der Waals surface area contributed by atoms with Crippen molar-refractivity contribution in [3.63, 3.8) is 0 Å². The number of alkyl halides is 3. The first-order valence-corrected chi connectivity index (χ1v) is 7.19. The lowest BCUT2D eigenvalue weighted by atomic mass is 10.2. The number of benzene rings is 1. The van der Waals surface area contributed by atoms with Gasteiger partial charge in [-0.25, -0.2) is 9.97 Å². The van der Waals surface area contributed by atoms with Crippen LogP contribution in [0.25, 0.3) is 0 Å². The molecule has 0 fully saturated rings. The molecule has 0 saturated heterocycles. The number of amides is 1. The molecule has 2 rings (SSSR count). The van der Waals surface area contributed by atoms with Gasteiger partial charge in [0.15, 0.2) is 11.5 Å². The smallest absolute Gasteiger partial charge is 0.348 e. The average molecular weight is 370 g/mol. The third-order valence-electron chi connectivity index (χ3n) is 3.08. The Morgan fingerprint density at radius 2 is 2.04 bits per heavy atom. The highest BCUT2D eigenvalue weighted by Crippen LogP contribution is 2.36. The Morgan fingerprint density at radius 3 is 2.68 bits per heavy atom. The molecule has 10 heteroatoms. The summed E-state index contributed by atoms with van der Waals surface area (Å²) < 4.78 is 38.5. The molecule has 2 aromatic rings. The maximum absolute atomic E-state index is 12.8. The molecule has 0 spiro atoms. The molecule has 0 saturated carbocycles. The van der Waals surface area contributed by atoms with Crippen LogP contribution >= 0.6 is 11.6 Å². The van der Waals surface area contributed by atoms with Crippen molar-refractivity contribution in [1.29, 1.82) is 5.26 Å². The number of likely N-dealkylation sites (N-methyl/N-ethyl adjacent to an activating group) is 1. The quantitative estimate of drug-likeness (QED) is 0.895. The fourth-order valence-electron chi connectivity index (χ4n) is 2.00. The second kappa shape index (κ2) is 7.36. The highest BCUT2D eigenvalue weighted by Gasteiger charge is 2.33. The Bertz CT molecular complexity index is 835. The number of carbonyl (C=O) groups excluding carboxylic acids is 1. The zero-order chi connectivity index (χ0) is 18.6. The number of aromatic nitrogens is 2. The van der Waals surface area contributed by atoms with E-state index < -0.39 is 22.7 Å². The number of halogens is 4. The number of rotatable bonds is 4. The van der Waals surface area contributed by atoms with E-state index in [0.29, 0.717) is 0 Å². The maximum Gasteiger partial charge on any atom is 0.417 e. The lowest BCUT2D eigenvalue weighted by molar-refractivity contribution is -0.137. The summed E-state index contributed by atoms with van der Waals surface area (Å²) in [4.78, 5) is 21.2. The number of nitriles is 1. The van der Waals surface area contributed by atoms with Gasteiger partial charge in [0.25, 0.3) is 0 Å². The number of carbonyl (C=O) groups is 1. The van der Waals surface area contributed by atoms with Gasteiger partial charge in [-0.05, 0) is 18.2 Å². The molecule has 0 aliphatic rings. The second-order valence-electron chi connectivity index (χ2n) is 4.94. The van der Waals surface area contributed by atoms with Crippen LogP contribution in [0, 0.1) is 11.3 Å². The first kappa shape index (κ1) is 18.5. The molecular formula is C15H11ClF3N5O. The van der Waals surface area contributed by atoms with E-state index in [4.69, 9.17) is 16.9 Å². The van der Waals surface area contributed by atoms with Gasteiger partial charge >= 0.3 is 6.18 Å². The van der Waals surface area contributed by atoms with Crippen molar-refractivity contribution in [3.8, 4) is 6.07 Å². The van der Waals surface area contributed by atoms with Gasteiger partial charge < -0.3 is 10.2 Å². The highest BCUT2D eigenvalue weighted by atomic mass is 35.5. The van der Waals surface area contributed by atoms with Crippen molar-refractivity contribution >= 4 is 29.0 Å². The lowest BCUT2D eigenvalue weighted by Crippen LogP contribution is -2.31. The molecule has 0 atom stereocenters. The molecule has 1 aromatic heterocycles.